The second kappa shape index (κ2) is 8.72. The second-order valence-corrected chi connectivity index (χ2v) is 9.94. The van der Waals surface area contributed by atoms with Gasteiger partial charge in [0.1, 0.15) is 0 Å². The van der Waals surface area contributed by atoms with Gasteiger partial charge in [-0.05, 0) is 55.8 Å². The van der Waals surface area contributed by atoms with Crippen molar-refractivity contribution in [1.82, 2.24) is 4.90 Å². The number of alkyl halides is 1. The average Bonchev–Trinajstić information content (AvgIpc) is 2.64. The number of nitrogens with one attached hydrogen (secondary N) is 2. The van der Waals surface area contributed by atoms with Crippen LogP contribution in [0.3, 0.4) is 0 Å². The van der Waals surface area contributed by atoms with Crippen LogP contribution in [0.4, 0.5) is 11.4 Å². The molecule has 0 aliphatic carbocycles. The van der Waals surface area contributed by atoms with Crippen LogP contribution in [0.15, 0.2) is 53.4 Å². The first-order chi connectivity index (χ1) is 13.3. The van der Waals surface area contributed by atoms with Crippen molar-refractivity contribution in [3.63, 3.8) is 0 Å². The van der Waals surface area contributed by atoms with E-state index in [0.717, 1.165) is 30.8 Å². The van der Waals surface area contributed by atoms with Crippen LogP contribution in [0, 0.1) is 0 Å². The van der Waals surface area contributed by atoms with Gasteiger partial charge < -0.3 is 10.2 Å². The largest absolute Gasteiger partial charge is 0.380 e. The van der Waals surface area contributed by atoms with Gasteiger partial charge in [0.15, 0.2) is 0 Å². The van der Waals surface area contributed by atoms with Gasteiger partial charge in [-0.25, -0.2) is 8.42 Å². The minimum Gasteiger partial charge on any atom is -0.380 e. The Bertz CT molecular complexity index is 903. The molecule has 152 valence electrons. The summed E-state index contributed by atoms with van der Waals surface area (Å²) in [5.74, 6) is 0.308. The molecule has 5 nitrogen and oxygen atoms in total. The van der Waals surface area contributed by atoms with Gasteiger partial charge >= 0.3 is 0 Å². The molecule has 0 spiro atoms. The highest BCUT2D eigenvalue weighted by atomic mass is 35.5. The van der Waals surface area contributed by atoms with E-state index in [1.54, 1.807) is 30.3 Å². The van der Waals surface area contributed by atoms with Crippen LogP contribution in [-0.2, 0) is 10.0 Å². The number of hydrogen-bond donors (Lipinski definition) is 2. The SMILES string of the molecule is CC(C)c1ccc(NS(=O)(=O)c2ccccc2)cc1NC1CCN(C)CC1Cl. The van der Waals surface area contributed by atoms with Crippen molar-refractivity contribution >= 4 is 33.0 Å². The van der Waals surface area contributed by atoms with Gasteiger partial charge in [-0.1, -0.05) is 38.1 Å². The molecule has 0 amide bonds. The molecule has 7 heteroatoms. The Labute approximate surface area is 173 Å². The van der Waals surface area contributed by atoms with Gasteiger partial charge in [-0.15, -0.1) is 11.6 Å². The van der Waals surface area contributed by atoms with Crippen molar-refractivity contribution in [3.05, 3.63) is 54.1 Å². The van der Waals surface area contributed by atoms with Crippen LogP contribution in [0.1, 0.15) is 31.7 Å². The fraction of sp³-hybridized carbons (Fsp3) is 0.429. The average molecular weight is 422 g/mol. The number of rotatable bonds is 6. The lowest BCUT2D eigenvalue weighted by Gasteiger charge is -2.35. The molecule has 1 heterocycles. The van der Waals surface area contributed by atoms with E-state index in [0.29, 0.717) is 11.6 Å². The second-order valence-electron chi connectivity index (χ2n) is 7.69. The maximum atomic E-state index is 12.7. The summed E-state index contributed by atoms with van der Waals surface area (Å²) in [7, 11) is -1.55. The summed E-state index contributed by atoms with van der Waals surface area (Å²) >= 11 is 6.57. The highest BCUT2D eigenvalue weighted by Crippen LogP contribution is 2.31. The summed E-state index contributed by atoms with van der Waals surface area (Å²) in [6.07, 6.45) is 0.947. The van der Waals surface area contributed by atoms with E-state index in [2.05, 4.69) is 35.8 Å². The predicted octanol–water partition coefficient (Wildman–Crippen LogP) is 4.33. The third-order valence-corrected chi connectivity index (χ3v) is 6.91. The standard InChI is InChI=1S/C21H28ClN3O2S/c1-15(2)18-10-9-16(24-28(26,27)17-7-5-4-6-8-17)13-21(18)23-20-11-12-25(3)14-19(20)22/h4-10,13,15,19-20,23-24H,11-12,14H2,1-3H3. The number of halogens is 1. The zero-order valence-corrected chi connectivity index (χ0v) is 18.1. The van der Waals surface area contributed by atoms with Crippen LogP contribution in [0.5, 0.6) is 0 Å². The summed E-state index contributed by atoms with van der Waals surface area (Å²) in [5, 5.41) is 3.58. The van der Waals surface area contributed by atoms with E-state index in [9.17, 15) is 8.42 Å². The van der Waals surface area contributed by atoms with Crippen LogP contribution in [0.25, 0.3) is 0 Å². The Balaban J connectivity index is 1.85. The molecule has 0 bridgehead atoms. The monoisotopic (exact) mass is 421 g/mol. The summed E-state index contributed by atoms with van der Waals surface area (Å²) in [6, 6.07) is 14.2. The van der Waals surface area contributed by atoms with Crippen molar-refractivity contribution < 1.29 is 8.42 Å². The third-order valence-electron chi connectivity index (χ3n) is 5.07. The molecule has 1 fully saturated rings. The number of anilines is 2. The molecule has 1 aliphatic rings. The van der Waals surface area contributed by atoms with Crippen LogP contribution < -0.4 is 10.0 Å². The molecule has 0 aromatic heterocycles. The van der Waals surface area contributed by atoms with Gasteiger partial charge in [0.05, 0.1) is 16.0 Å². The number of benzene rings is 2. The third kappa shape index (κ3) is 4.99. The van der Waals surface area contributed by atoms with E-state index < -0.39 is 10.0 Å². The number of piperidine rings is 1. The minimum atomic E-state index is -3.62. The van der Waals surface area contributed by atoms with Gasteiger partial charge in [-0.3, -0.25) is 4.72 Å². The first-order valence-corrected chi connectivity index (χ1v) is 11.5. The molecule has 2 N–H and O–H groups in total. The highest BCUT2D eigenvalue weighted by Gasteiger charge is 2.27. The lowest BCUT2D eigenvalue weighted by Crippen LogP contribution is -2.45. The van der Waals surface area contributed by atoms with Crippen molar-refractivity contribution in [1.29, 1.82) is 0 Å². The maximum absolute atomic E-state index is 12.7. The predicted molar refractivity (Wildman–Crippen MR) is 117 cm³/mol. The van der Waals surface area contributed by atoms with Gasteiger partial charge in [-0.2, -0.15) is 0 Å². The topological polar surface area (TPSA) is 61.4 Å². The zero-order valence-electron chi connectivity index (χ0n) is 16.5. The molecule has 28 heavy (non-hydrogen) atoms. The Hall–Kier alpha value is -1.76. The molecular formula is C21H28ClN3O2S. The van der Waals surface area contributed by atoms with Gasteiger partial charge in [0.25, 0.3) is 10.0 Å². The minimum absolute atomic E-state index is 0.00317. The zero-order chi connectivity index (χ0) is 20.3. The number of hydrogen-bond acceptors (Lipinski definition) is 4. The summed E-state index contributed by atoms with van der Waals surface area (Å²) in [5.41, 5.74) is 2.61. The van der Waals surface area contributed by atoms with E-state index in [-0.39, 0.29) is 16.3 Å². The smallest absolute Gasteiger partial charge is 0.261 e. The molecule has 2 atom stereocenters. The molecular weight excluding hydrogens is 394 g/mol. The van der Waals surface area contributed by atoms with Crippen LogP contribution in [-0.4, -0.2) is 44.9 Å². The van der Waals surface area contributed by atoms with E-state index >= 15 is 0 Å². The van der Waals surface area contributed by atoms with Crippen molar-refractivity contribution in [2.24, 2.45) is 0 Å². The summed E-state index contributed by atoms with van der Waals surface area (Å²) in [4.78, 5) is 2.47. The summed E-state index contributed by atoms with van der Waals surface area (Å²) < 4.78 is 28.0. The van der Waals surface area contributed by atoms with Crippen molar-refractivity contribution in [3.8, 4) is 0 Å². The first-order valence-electron chi connectivity index (χ1n) is 9.57. The van der Waals surface area contributed by atoms with E-state index in [4.69, 9.17) is 11.6 Å². The molecule has 1 saturated heterocycles. The highest BCUT2D eigenvalue weighted by molar-refractivity contribution is 7.92. The Morgan fingerprint density at radius 3 is 2.50 bits per heavy atom. The first kappa shape index (κ1) is 21.0. The van der Waals surface area contributed by atoms with Crippen LogP contribution >= 0.6 is 11.6 Å². The van der Waals surface area contributed by atoms with E-state index in [1.807, 2.05) is 18.2 Å². The normalized spacial score (nSPS) is 20.9. The Morgan fingerprint density at radius 2 is 1.86 bits per heavy atom. The van der Waals surface area contributed by atoms with Crippen molar-refractivity contribution in [2.45, 2.75) is 42.5 Å². The number of nitrogens with zero attached hydrogens (tertiary/aromatic N) is 1. The molecule has 0 radical (unpaired) electrons. The lowest BCUT2D eigenvalue weighted by atomic mass is 9.98. The lowest BCUT2D eigenvalue weighted by molar-refractivity contribution is 0.268. The molecule has 1 aliphatic heterocycles. The molecule has 3 rings (SSSR count). The maximum Gasteiger partial charge on any atom is 0.261 e. The number of sulfonamides is 1. The Morgan fingerprint density at radius 1 is 1.14 bits per heavy atom. The molecule has 0 saturated carbocycles. The van der Waals surface area contributed by atoms with E-state index in [1.165, 1.54) is 0 Å². The van der Waals surface area contributed by atoms with Gasteiger partial charge in [0, 0.05) is 18.3 Å². The molecule has 2 unspecified atom stereocenters. The number of likely N-dealkylation sites (tertiary alicyclic amines) is 1. The quantitative estimate of drug-likeness (QED) is 0.681. The fourth-order valence-corrected chi connectivity index (χ4v) is 4.98. The van der Waals surface area contributed by atoms with Crippen molar-refractivity contribution in [2.75, 3.05) is 30.2 Å². The van der Waals surface area contributed by atoms with Gasteiger partial charge in [0.2, 0.25) is 0 Å². The molecule has 2 aromatic carbocycles. The van der Waals surface area contributed by atoms with Crippen LogP contribution in [0.2, 0.25) is 0 Å². The Kier molecular flexibility index (Phi) is 6.53. The molecule has 2 aromatic rings. The summed E-state index contributed by atoms with van der Waals surface area (Å²) in [6.45, 7) is 6.07. The fourth-order valence-electron chi connectivity index (χ4n) is 3.48.